The first-order valence-corrected chi connectivity index (χ1v) is 5.30. The second-order valence-electron chi connectivity index (χ2n) is 3.15. The van der Waals surface area contributed by atoms with Crippen molar-refractivity contribution in [1.82, 2.24) is 0 Å². The summed E-state index contributed by atoms with van der Waals surface area (Å²) in [6.07, 6.45) is 0.884. The molecule has 1 atom stereocenters. The number of hydrogen-bond acceptors (Lipinski definition) is 3. The average Bonchev–Trinajstić information content (AvgIpc) is 2.26. The molecule has 0 fully saturated rings. The van der Waals surface area contributed by atoms with Crippen LogP contribution in [0.4, 0.5) is 0 Å². The van der Waals surface area contributed by atoms with E-state index in [9.17, 15) is 4.79 Å². The molecule has 1 rings (SSSR count). The normalized spacial score (nSPS) is 12.0. The van der Waals surface area contributed by atoms with Gasteiger partial charge in [-0.2, -0.15) is 0 Å². The van der Waals surface area contributed by atoms with E-state index in [4.69, 9.17) is 9.47 Å². The summed E-state index contributed by atoms with van der Waals surface area (Å²) in [7, 11) is 3.16. The average molecular weight is 273 g/mol. The van der Waals surface area contributed by atoms with Gasteiger partial charge in [-0.15, -0.1) is 0 Å². The van der Waals surface area contributed by atoms with Crippen LogP contribution in [0.15, 0.2) is 16.6 Å². The summed E-state index contributed by atoms with van der Waals surface area (Å²) in [4.78, 5) is 10.8. The van der Waals surface area contributed by atoms with Gasteiger partial charge in [-0.05, 0) is 6.07 Å². The molecule has 1 unspecified atom stereocenters. The lowest BCUT2D eigenvalue weighted by Crippen LogP contribution is -2.00. The van der Waals surface area contributed by atoms with Crippen molar-refractivity contribution in [1.29, 1.82) is 0 Å². The number of hydrogen-bond donors (Lipinski definition) is 0. The Kier molecular flexibility index (Phi) is 4.15. The van der Waals surface area contributed by atoms with E-state index in [2.05, 4.69) is 15.9 Å². The summed E-state index contributed by atoms with van der Waals surface area (Å²) >= 11 is 3.40. The molecule has 0 spiro atoms. The van der Waals surface area contributed by atoms with Crippen molar-refractivity contribution in [2.75, 3.05) is 14.2 Å². The van der Waals surface area contributed by atoms with Gasteiger partial charge in [-0.1, -0.05) is 22.9 Å². The standard InChI is InChI=1S/C11H13BrO3/c1-7(6-13)11-9(12)4-8(14-2)5-10(11)15-3/h4-7H,1-3H3. The maximum atomic E-state index is 10.8. The zero-order chi connectivity index (χ0) is 11.4. The van der Waals surface area contributed by atoms with E-state index in [-0.39, 0.29) is 5.92 Å². The fourth-order valence-electron chi connectivity index (χ4n) is 1.37. The summed E-state index contributed by atoms with van der Waals surface area (Å²) in [5.74, 6) is 1.14. The van der Waals surface area contributed by atoms with Crippen molar-refractivity contribution in [2.45, 2.75) is 12.8 Å². The van der Waals surface area contributed by atoms with E-state index in [0.29, 0.717) is 11.5 Å². The van der Waals surface area contributed by atoms with Crippen LogP contribution in [-0.2, 0) is 4.79 Å². The summed E-state index contributed by atoms with van der Waals surface area (Å²) in [5, 5.41) is 0. The molecule has 1 aromatic carbocycles. The second-order valence-corrected chi connectivity index (χ2v) is 4.00. The Morgan fingerprint density at radius 1 is 1.33 bits per heavy atom. The molecule has 15 heavy (non-hydrogen) atoms. The number of benzene rings is 1. The van der Waals surface area contributed by atoms with Gasteiger partial charge in [0.2, 0.25) is 0 Å². The molecule has 0 bridgehead atoms. The van der Waals surface area contributed by atoms with Crippen molar-refractivity contribution < 1.29 is 14.3 Å². The highest BCUT2D eigenvalue weighted by Crippen LogP contribution is 2.36. The summed E-state index contributed by atoms with van der Waals surface area (Å²) in [6.45, 7) is 1.82. The maximum absolute atomic E-state index is 10.8. The van der Waals surface area contributed by atoms with Crippen LogP contribution in [0.2, 0.25) is 0 Å². The molecule has 0 aliphatic rings. The van der Waals surface area contributed by atoms with Gasteiger partial charge in [-0.25, -0.2) is 0 Å². The predicted molar refractivity (Wildman–Crippen MR) is 61.7 cm³/mol. The van der Waals surface area contributed by atoms with Gasteiger partial charge in [0.15, 0.2) is 0 Å². The number of aldehydes is 1. The van der Waals surface area contributed by atoms with Crippen LogP contribution in [0.1, 0.15) is 18.4 Å². The number of halogens is 1. The first-order valence-electron chi connectivity index (χ1n) is 4.50. The quantitative estimate of drug-likeness (QED) is 0.791. The van der Waals surface area contributed by atoms with Gasteiger partial charge in [-0.3, -0.25) is 0 Å². The third-order valence-electron chi connectivity index (χ3n) is 2.18. The van der Waals surface area contributed by atoms with E-state index in [1.807, 2.05) is 13.0 Å². The van der Waals surface area contributed by atoms with Crippen LogP contribution in [0.3, 0.4) is 0 Å². The van der Waals surface area contributed by atoms with Crippen LogP contribution < -0.4 is 9.47 Å². The third kappa shape index (κ3) is 2.50. The number of carbonyl (C=O) groups is 1. The summed E-state index contributed by atoms with van der Waals surface area (Å²) in [6, 6.07) is 3.58. The number of rotatable bonds is 4. The first-order chi connectivity index (χ1) is 7.13. The van der Waals surface area contributed by atoms with Crippen LogP contribution in [-0.4, -0.2) is 20.5 Å². The van der Waals surface area contributed by atoms with E-state index in [1.165, 1.54) is 0 Å². The lowest BCUT2D eigenvalue weighted by Gasteiger charge is -2.14. The smallest absolute Gasteiger partial charge is 0.127 e. The summed E-state index contributed by atoms with van der Waals surface area (Å²) < 4.78 is 11.1. The maximum Gasteiger partial charge on any atom is 0.127 e. The Balaban J connectivity index is 3.30. The van der Waals surface area contributed by atoms with Crippen molar-refractivity contribution in [3.8, 4) is 11.5 Å². The Morgan fingerprint density at radius 3 is 2.47 bits per heavy atom. The topological polar surface area (TPSA) is 35.5 Å². The molecule has 1 aromatic rings. The Hall–Kier alpha value is -1.03. The molecule has 0 aliphatic heterocycles. The molecule has 0 saturated carbocycles. The third-order valence-corrected chi connectivity index (χ3v) is 2.84. The Morgan fingerprint density at radius 2 is 2.00 bits per heavy atom. The lowest BCUT2D eigenvalue weighted by molar-refractivity contribution is -0.108. The summed E-state index contributed by atoms with van der Waals surface area (Å²) in [5.41, 5.74) is 0.841. The largest absolute Gasteiger partial charge is 0.497 e. The number of carbonyl (C=O) groups excluding carboxylic acids is 1. The van der Waals surface area contributed by atoms with Crippen molar-refractivity contribution in [3.05, 3.63) is 22.2 Å². The molecule has 0 radical (unpaired) electrons. The molecule has 0 amide bonds. The molecule has 4 heteroatoms. The lowest BCUT2D eigenvalue weighted by atomic mass is 10.0. The van der Waals surface area contributed by atoms with Crippen molar-refractivity contribution in [2.24, 2.45) is 0 Å². The van der Waals surface area contributed by atoms with E-state index in [1.54, 1.807) is 20.3 Å². The van der Waals surface area contributed by atoms with Gasteiger partial charge in [0, 0.05) is 22.0 Å². The van der Waals surface area contributed by atoms with Crippen molar-refractivity contribution in [3.63, 3.8) is 0 Å². The SMILES string of the molecule is COc1cc(Br)c(C(C)C=O)c(OC)c1. The molecule has 82 valence electrons. The number of ether oxygens (including phenoxy) is 2. The van der Waals surface area contributed by atoms with Crippen LogP contribution >= 0.6 is 15.9 Å². The fourth-order valence-corrected chi connectivity index (χ4v) is 2.15. The van der Waals surface area contributed by atoms with Crippen LogP contribution in [0.25, 0.3) is 0 Å². The molecule has 0 aromatic heterocycles. The molecule has 3 nitrogen and oxygen atoms in total. The first kappa shape index (κ1) is 12.0. The van der Waals surface area contributed by atoms with E-state index < -0.39 is 0 Å². The van der Waals surface area contributed by atoms with Crippen molar-refractivity contribution >= 4 is 22.2 Å². The fraction of sp³-hybridized carbons (Fsp3) is 0.364. The molecular formula is C11H13BrO3. The predicted octanol–water partition coefficient (Wildman–Crippen LogP) is 2.77. The monoisotopic (exact) mass is 272 g/mol. The molecule has 0 heterocycles. The Bertz CT molecular complexity index is 363. The highest BCUT2D eigenvalue weighted by atomic mass is 79.9. The minimum atomic E-state index is -0.208. The van der Waals surface area contributed by atoms with Gasteiger partial charge in [0.1, 0.15) is 17.8 Å². The zero-order valence-corrected chi connectivity index (χ0v) is 10.5. The molecule has 0 N–H and O–H groups in total. The van der Waals surface area contributed by atoms with E-state index in [0.717, 1.165) is 16.3 Å². The minimum Gasteiger partial charge on any atom is -0.497 e. The van der Waals surface area contributed by atoms with Gasteiger partial charge >= 0.3 is 0 Å². The highest BCUT2D eigenvalue weighted by Gasteiger charge is 2.16. The molecule has 0 aliphatic carbocycles. The number of methoxy groups -OCH3 is 2. The van der Waals surface area contributed by atoms with Gasteiger partial charge < -0.3 is 14.3 Å². The minimum absolute atomic E-state index is 0.208. The highest BCUT2D eigenvalue weighted by molar-refractivity contribution is 9.10. The molecular weight excluding hydrogens is 260 g/mol. The second kappa shape index (κ2) is 5.16. The van der Waals surface area contributed by atoms with Crippen LogP contribution in [0.5, 0.6) is 11.5 Å². The zero-order valence-electron chi connectivity index (χ0n) is 8.91. The Labute approximate surface area is 97.5 Å². The van der Waals surface area contributed by atoms with E-state index >= 15 is 0 Å². The van der Waals surface area contributed by atoms with Gasteiger partial charge in [0.05, 0.1) is 14.2 Å². The van der Waals surface area contributed by atoms with Crippen LogP contribution in [0, 0.1) is 0 Å². The van der Waals surface area contributed by atoms with Gasteiger partial charge in [0.25, 0.3) is 0 Å². The molecule has 0 saturated heterocycles.